The third-order valence-electron chi connectivity index (χ3n) is 4.59. The van der Waals surface area contributed by atoms with Crippen LogP contribution in [0.3, 0.4) is 0 Å². The molecule has 0 aromatic heterocycles. The summed E-state index contributed by atoms with van der Waals surface area (Å²) >= 11 is 0. The average Bonchev–Trinajstić information content (AvgIpc) is 2.43. The van der Waals surface area contributed by atoms with Gasteiger partial charge in [-0.3, -0.25) is 0 Å². The van der Waals surface area contributed by atoms with Crippen molar-refractivity contribution in [2.75, 3.05) is 14.1 Å². The predicted octanol–water partition coefficient (Wildman–Crippen LogP) is 6.42. The van der Waals surface area contributed by atoms with Gasteiger partial charge in [0.15, 0.2) is 0 Å². The van der Waals surface area contributed by atoms with Gasteiger partial charge in [-0.25, -0.2) is 0 Å². The van der Waals surface area contributed by atoms with Gasteiger partial charge in [0, 0.05) is 6.04 Å². The fourth-order valence-corrected chi connectivity index (χ4v) is 3.05. The number of rotatable bonds is 15. The second-order valence-electron chi connectivity index (χ2n) is 6.70. The molecule has 0 fully saturated rings. The van der Waals surface area contributed by atoms with Crippen LogP contribution in [0.25, 0.3) is 0 Å². The first-order valence-electron chi connectivity index (χ1n) is 9.38. The summed E-state index contributed by atoms with van der Waals surface area (Å²) in [6, 6.07) is 0.804. The van der Waals surface area contributed by atoms with Gasteiger partial charge in [0.1, 0.15) is 0 Å². The maximum absolute atomic E-state index is 2.39. The molecule has 0 aromatic rings. The Morgan fingerprint density at radius 1 is 0.600 bits per heavy atom. The van der Waals surface area contributed by atoms with Gasteiger partial charge in [-0.2, -0.15) is 0 Å². The molecule has 0 saturated heterocycles. The van der Waals surface area contributed by atoms with E-state index in [-0.39, 0.29) is 0 Å². The molecule has 1 atom stereocenters. The van der Waals surface area contributed by atoms with Crippen molar-refractivity contribution in [3.05, 3.63) is 0 Å². The van der Waals surface area contributed by atoms with Crippen LogP contribution in [-0.2, 0) is 0 Å². The van der Waals surface area contributed by atoms with E-state index in [1.54, 1.807) is 0 Å². The van der Waals surface area contributed by atoms with E-state index in [1.165, 1.54) is 89.9 Å². The van der Waals surface area contributed by atoms with E-state index in [0.29, 0.717) is 0 Å². The van der Waals surface area contributed by atoms with E-state index >= 15 is 0 Å². The summed E-state index contributed by atoms with van der Waals surface area (Å²) in [5.74, 6) is 0. The average molecular weight is 284 g/mol. The predicted molar refractivity (Wildman–Crippen MR) is 93.5 cm³/mol. The molecular formula is C19H41N. The Hall–Kier alpha value is -0.0400. The Bertz CT molecular complexity index is 177. The summed E-state index contributed by atoms with van der Waals surface area (Å²) in [5.41, 5.74) is 0. The molecule has 0 saturated carbocycles. The Kier molecular flexibility index (Phi) is 15.3. The Labute approximate surface area is 129 Å². The largest absolute Gasteiger partial charge is 0.306 e. The van der Waals surface area contributed by atoms with Crippen LogP contribution in [0.5, 0.6) is 0 Å². The van der Waals surface area contributed by atoms with Crippen molar-refractivity contribution >= 4 is 0 Å². The molecule has 122 valence electrons. The van der Waals surface area contributed by atoms with Gasteiger partial charge in [-0.1, -0.05) is 90.9 Å². The molecule has 0 aliphatic carbocycles. The molecule has 0 heterocycles. The highest BCUT2D eigenvalue weighted by Crippen LogP contribution is 2.14. The van der Waals surface area contributed by atoms with Crippen LogP contribution in [0, 0.1) is 0 Å². The van der Waals surface area contributed by atoms with E-state index in [2.05, 4.69) is 32.8 Å². The number of hydrogen-bond donors (Lipinski definition) is 0. The van der Waals surface area contributed by atoms with Crippen molar-refractivity contribution in [3.8, 4) is 0 Å². The SMILES string of the molecule is CCCCCCCCCCCCCCC(CC)N(C)C. The first kappa shape index (κ1) is 20.0. The monoisotopic (exact) mass is 283 g/mol. The standard InChI is InChI=1S/C19H41N/c1-5-7-8-9-10-11-12-13-14-15-16-17-18-19(6-2)20(3)4/h19H,5-18H2,1-4H3. The molecule has 0 aliphatic heterocycles. The topological polar surface area (TPSA) is 3.24 Å². The molecule has 0 N–H and O–H groups in total. The van der Waals surface area contributed by atoms with Crippen LogP contribution in [-0.4, -0.2) is 25.0 Å². The molecule has 0 aliphatic rings. The molecule has 0 amide bonds. The Morgan fingerprint density at radius 2 is 1.00 bits per heavy atom. The molecule has 1 nitrogen and oxygen atoms in total. The third kappa shape index (κ3) is 13.0. The van der Waals surface area contributed by atoms with E-state index < -0.39 is 0 Å². The van der Waals surface area contributed by atoms with Crippen LogP contribution < -0.4 is 0 Å². The normalized spacial score (nSPS) is 13.1. The van der Waals surface area contributed by atoms with Gasteiger partial charge in [-0.05, 0) is 26.9 Å². The van der Waals surface area contributed by atoms with Gasteiger partial charge in [0.05, 0.1) is 0 Å². The van der Waals surface area contributed by atoms with E-state index in [1.807, 2.05) is 0 Å². The molecule has 0 bridgehead atoms. The number of unbranched alkanes of at least 4 members (excludes halogenated alkanes) is 11. The van der Waals surface area contributed by atoms with Crippen LogP contribution in [0.2, 0.25) is 0 Å². The summed E-state index contributed by atoms with van der Waals surface area (Å²) in [5, 5.41) is 0. The minimum absolute atomic E-state index is 0.804. The Morgan fingerprint density at radius 3 is 1.35 bits per heavy atom. The van der Waals surface area contributed by atoms with Gasteiger partial charge >= 0.3 is 0 Å². The minimum Gasteiger partial charge on any atom is -0.306 e. The lowest BCUT2D eigenvalue weighted by molar-refractivity contribution is 0.264. The van der Waals surface area contributed by atoms with Gasteiger partial charge in [-0.15, -0.1) is 0 Å². The quantitative estimate of drug-likeness (QED) is 0.313. The molecule has 0 rings (SSSR count). The summed E-state index contributed by atoms with van der Waals surface area (Å²) in [7, 11) is 4.43. The van der Waals surface area contributed by atoms with Gasteiger partial charge < -0.3 is 4.90 Å². The summed E-state index contributed by atoms with van der Waals surface area (Å²) < 4.78 is 0. The molecule has 0 radical (unpaired) electrons. The highest BCUT2D eigenvalue weighted by atomic mass is 15.1. The smallest absolute Gasteiger partial charge is 0.00865 e. The van der Waals surface area contributed by atoms with Gasteiger partial charge in [0.2, 0.25) is 0 Å². The lowest BCUT2D eigenvalue weighted by Crippen LogP contribution is -2.26. The highest BCUT2D eigenvalue weighted by molar-refractivity contribution is 4.63. The van der Waals surface area contributed by atoms with E-state index in [0.717, 1.165) is 6.04 Å². The lowest BCUT2D eigenvalue weighted by Gasteiger charge is -2.22. The van der Waals surface area contributed by atoms with Crippen molar-refractivity contribution in [2.24, 2.45) is 0 Å². The zero-order valence-electron chi connectivity index (χ0n) is 14.9. The third-order valence-corrected chi connectivity index (χ3v) is 4.59. The van der Waals surface area contributed by atoms with Crippen LogP contribution >= 0.6 is 0 Å². The first-order chi connectivity index (χ1) is 9.72. The first-order valence-corrected chi connectivity index (χ1v) is 9.38. The zero-order valence-corrected chi connectivity index (χ0v) is 14.9. The molecule has 20 heavy (non-hydrogen) atoms. The van der Waals surface area contributed by atoms with E-state index in [9.17, 15) is 0 Å². The highest BCUT2D eigenvalue weighted by Gasteiger charge is 2.07. The fourth-order valence-electron chi connectivity index (χ4n) is 3.05. The van der Waals surface area contributed by atoms with Crippen molar-refractivity contribution in [3.63, 3.8) is 0 Å². The van der Waals surface area contributed by atoms with Crippen LogP contribution in [0.4, 0.5) is 0 Å². The maximum atomic E-state index is 2.39. The van der Waals surface area contributed by atoms with Crippen molar-refractivity contribution < 1.29 is 0 Å². The zero-order chi connectivity index (χ0) is 15.1. The summed E-state index contributed by atoms with van der Waals surface area (Å²) in [6.45, 7) is 4.60. The summed E-state index contributed by atoms with van der Waals surface area (Å²) in [6.07, 6.45) is 20.1. The molecule has 0 aromatic carbocycles. The number of hydrogen-bond acceptors (Lipinski definition) is 1. The van der Waals surface area contributed by atoms with E-state index in [4.69, 9.17) is 0 Å². The second-order valence-corrected chi connectivity index (χ2v) is 6.70. The molecule has 0 spiro atoms. The number of nitrogens with zero attached hydrogens (tertiary/aromatic N) is 1. The van der Waals surface area contributed by atoms with Crippen molar-refractivity contribution in [2.45, 2.75) is 110 Å². The van der Waals surface area contributed by atoms with Gasteiger partial charge in [0.25, 0.3) is 0 Å². The maximum Gasteiger partial charge on any atom is 0.00865 e. The lowest BCUT2D eigenvalue weighted by atomic mass is 10.0. The van der Waals surface area contributed by atoms with Crippen molar-refractivity contribution in [1.29, 1.82) is 0 Å². The van der Waals surface area contributed by atoms with Crippen LogP contribution in [0.1, 0.15) is 104 Å². The summed E-state index contributed by atoms with van der Waals surface area (Å²) in [4.78, 5) is 2.39. The van der Waals surface area contributed by atoms with Crippen LogP contribution in [0.15, 0.2) is 0 Å². The fraction of sp³-hybridized carbons (Fsp3) is 1.00. The second kappa shape index (κ2) is 15.4. The molecular weight excluding hydrogens is 242 g/mol. The van der Waals surface area contributed by atoms with Crippen molar-refractivity contribution in [1.82, 2.24) is 4.90 Å². The molecule has 1 heteroatoms. The Balaban J connectivity index is 3.13. The molecule has 1 unspecified atom stereocenters. The minimum atomic E-state index is 0.804.